The number of rotatable bonds is 9. The van der Waals surface area contributed by atoms with E-state index in [4.69, 9.17) is 9.47 Å². The Balaban J connectivity index is 1.97. The van der Waals surface area contributed by atoms with Crippen LogP contribution in [0.15, 0.2) is 24.3 Å². The van der Waals surface area contributed by atoms with Gasteiger partial charge in [-0.15, -0.1) is 0 Å². The first-order valence-electron chi connectivity index (χ1n) is 8.23. The van der Waals surface area contributed by atoms with Gasteiger partial charge in [-0.2, -0.15) is 0 Å². The minimum absolute atomic E-state index is 0.0728. The largest absolute Gasteiger partial charge is 0.491 e. The number of nitrogens with zero attached hydrogens (tertiary/aromatic N) is 1. The monoisotopic (exact) mass is 321 g/mol. The summed E-state index contributed by atoms with van der Waals surface area (Å²) in [5, 5.41) is 10.5. The number of amides is 1. The van der Waals surface area contributed by atoms with Crippen molar-refractivity contribution in [3.8, 4) is 5.75 Å². The summed E-state index contributed by atoms with van der Waals surface area (Å²) in [6.45, 7) is 7.28. The second-order valence-electron chi connectivity index (χ2n) is 6.49. The number of carbonyl (C=O) groups is 1. The lowest BCUT2D eigenvalue weighted by atomic mass is 9.77. The fourth-order valence-electron chi connectivity index (χ4n) is 3.00. The average molecular weight is 321 g/mol. The molecule has 0 atom stereocenters. The van der Waals surface area contributed by atoms with E-state index < -0.39 is 5.60 Å². The van der Waals surface area contributed by atoms with Gasteiger partial charge in [0.15, 0.2) is 0 Å². The van der Waals surface area contributed by atoms with E-state index in [0.717, 1.165) is 17.7 Å². The predicted molar refractivity (Wildman–Crippen MR) is 88.3 cm³/mol. The van der Waals surface area contributed by atoms with Crippen LogP contribution in [0, 0.1) is 0 Å². The summed E-state index contributed by atoms with van der Waals surface area (Å²) in [6, 6.07) is 7.69. The summed E-state index contributed by atoms with van der Waals surface area (Å²) in [5.74, 6) is 0.780. The van der Waals surface area contributed by atoms with Crippen LogP contribution >= 0.6 is 0 Å². The Bertz CT molecular complexity index is 511. The van der Waals surface area contributed by atoms with E-state index in [1.165, 1.54) is 0 Å². The zero-order chi connectivity index (χ0) is 16.9. The smallest absolute Gasteiger partial charge is 0.210 e. The highest BCUT2D eigenvalue weighted by molar-refractivity contribution is 5.48. The molecule has 1 fully saturated rings. The third-order valence-corrected chi connectivity index (χ3v) is 3.97. The Morgan fingerprint density at radius 3 is 2.70 bits per heavy atom. The minimum atomic E-state index is -0.839. The summed E-state index contributed by atoms with van der Waals surface area (Å²) in [7, 11) is 0. The van der Waals surface area contributed by atoms with E-state index >= 15 is 0 Å². The molecule has 0 aromatic heterocycles. The Morgan fingerprint density at radius 1 is 1.39 bits per heavy atom. The quantitative estimate of drug-likeness (QED) is 0.709. The van der Waals surface area contributed by atoms with E-state index in [9.17, 15) is 9.90 Å². The van der Waals surface area contributed by atoms with Crippen LogP contribution in [0.5, 0.6) is 5.75 Å². The molecule has 1 aromatic carbocycles. The van der Waals surface area contributed by atoms with Gasteiger partial charge >= 0.3 is 0 Å². The zero-order valence-corrected chi connectivity index (χ0v) is 14.2. The summed E-state index contributed by atoms with van der Waals surface area (Å²) in [4.78, 5) is 13.0. The van der Waals surface area contributed by atoms with E-state index in [1.807, 2.05) is 45.0 Å². The minimum Gasteiger partial charge on any atom is -0.491 e. The maximum Gasteiger partial charge on any atom is 0.210 e. The lowest BCUT2D eigenvalue weighted by molar-refractivity contribution is -0.154. The molecule has 1 aliphatic rings. The molecule has 1 amide bonds. The van der Waals surface area contributed by atoms with Gasteiger partial charge in [0.25, 0.3) is 0 Å². The predicted octanol–water partition coefficient (Wildman–Crippen LogP) is 2.36. The van der Waals surface area contributed by atoms with Crippen LogP contribution in [-0.4, -0.2) is 47.4 Å². The second kappa shape index (κ2) is 7.79. The van der Waals surface area contributed by atoms with Crippen LogP contribution in [0.25, 0.3) is 0 Å². The molecule has 128 valence electrons. The van der Waals surface area contributed by atoms with Gasteiger partial charge in [-0.1, -0.05) is 18.2 Å². The first kappa shape index (κ1) is 17.8. The fourth-order valence-corrected chi connectivity index (χ4v) is 3.00. The van der Waals surface area contributed by atoms with Crippen LogP contribution in [-0.2, 0) is 16.1 Å². The summed E-state index contributed by atoms with van der Waals surface area (Å²) in [6.07, 6.45) is 2.13. The normalized spacial score (nSPS) is 23.4. The molecule has 1 saturated carbocycles. The third kappa shape index (κ3) is 4.94. The fraction of sp³-hybridized carbons (Fsp3) is 0.611. The molecule has 0 aliphatic heterocycles. The average Bonchev–Trinajstić information content (AvgIpc) is 2.46. The van der Waals surface area contributed by atoms with Crippen LogP contribution in [0.1, 0.15) is 39.2 Å². The summed E-state index contributed by atoms with van der Waals surface area (Å²) in [5.41, 5.74) is 0.104. The maximum atomic E-state index is 11.4. The lowest BCUT2D eigenvalue weighted by Gasteiger charge is -2.45. The molecule has 23 heavy (non-hydrogen) atoms. The third-order valence-electron chi connectivity index (χ3n) is 3.97. The molecule has 0 unspecified atom stereocenters. The highest BCUT2D eigenvalue weighted by Gasteiger charge is 2.44. The molecule has 0 heterocycles. The highest BCUT2D eigenvalue weighted by Crippen LogP contribution is 2.35. The Hall–Kier alpha value is -1.59. The zero-order valence-electron chi connectivity index (χ0n) is 14.2. The molecule has 0 bridgehead atoms. The molecule has 2 rings (SSSR count). The molecule has 0 saturated heterocycles. The van der Waals surface area contributed by atoms with Crippen LogP contribution < -0.4 is 4.74 Å². The van der Waals surface area contributed by atoms with E-state index in [2.05, 4.69) is 0 Å². The molecule has 1 N–H and O–H groups in total. The molecular formula is C18H27NO4. The van der Waals surface area contributed by atoms with Crippen LogP contribution in [0.2, 0.25) is 0 Å². The van der Waals surface area contributed by atoms with Gasteiger partial charge in [-0.25, -0.2) is 0 Å². The molecule has 1 aliphatic carbocycles. The van der Waals surface area contributed by atoms with Gasteiger partial charge in [0.05, 0.1) is 17.8 Å². The van der Waals surface area contributed by atoms with E-state index in [-0.39, 0.29) is 12.2 Å². The van der Waals surface area contributed by atoms with Crippen molar-refractivity contribution in [2.24, 2.45) is 0 Å². The van der Waals surface area contributed by atoms with Crippen molar-refractivity contribution >= 4 is 6.41 Å². The number of carbonyl (C=O) groups excluding carboxylic acids is 1. The van der Waals surface area contributed by atoms with Gasteiger partial charge in [-0.05, 0) is 26.8 Å². The second-order valence-corrected chi connectivity index (χ2v) is 6.49. The molecule has 0 radical (unpaired) electrons. The van der Waals surface area contributed by atoms with Gasteiger partial charge in [0, 0.05) is 38.1 Å². The summed E-state index contributed by atoms with van der Waals surface area (Å²) >= 11 is 0. The molecule has 5 nitrogen and oxygen atoms in total. The highest BCUT2D eigenvalue weighted by atomic mass is 16.5. The van der Waals surface area contributed by atoms with Crippen molar-refractivity contribution in [2.75, 3.05) is 13.2 Å². The number of hydrogen-bond donors (Lipinski definition) is 1. The van der Waals surface area contributed by atoms with Gasteiger partial charge < -0.3 is 19.5 Å². The Labute approximate surface area is 138 Å². The van der Waals surface area contributed by atoms with Crippen molar-refractivity contribution < 1.29 is 19.4 Å². The molecular weight excluding hydrogens is 294 g/mol. The van der Waals surface area contributed by atoms with Gasteiger partial charge in [0.1, 0.15) is 5.75 Å². The number of ether oxygens (including phenoxy) is 2. The lowest BCUT2D eigenvalue weighted by Crippen LogP contribution is -2.55. The molecule has 5 heteroatoms. The number of para-hydroxylation sites is 1. The van der Waals surface area contributed by atoms with Crippen molar-refractivity contribution in [3.05, 3.63) is 29.8 Å². The van der Waals surface area contributed by atoms with Gasteiger partial charge in [0.2, 0.25) is 6.41 Å². The molecule has 0 spiro atoms. The van der Waals surface area contributed by atoms with E-state index in [1.54, 1.807) is 4.90 Å². The SMILES string of the molecule is CCOC1CC(O)(CN(C=O)Cc2ccccc2OC(C)C)C1. The first-order valence-corrected chi connectivity index (χ1v) is 8.23. The number of hydrogen-bond acceptors (Lipinski definition) is 4. The van der Waals surface area contributed by atoms with Crippen molar-refractivity contribution in [1.82, 2.24) is 4.90 Å². The Kier molecular flexibility index (Phi) is 6.02. The molecule has 1 aromatic rings. The van der Waals surface area contributed by atoms with E-state index in [0.29, 0.717) is 32.5 Å². The number of aliphatic hydroxyl groups is 1. The first-order chi connectivity index (χ1) is 11.0. The van der Waals surface area contributed by atoms with Crippen LogP contribution in [0.3, 0.4) is 0 Å². The van der Waals surface area contributed by atoms with Gasteiger partial charge in [-0.3, -0.25) is 4.79 Å². The maximum absolute atomic E-state index is 11.4. The topological polar surface area (TPSA) is 59.0 Å². The van der Waals surface area contributed by atoms with Crippen LogP contribution in [0.4, 0.5) is 0 Å². The summed E-state index contributed by atoms with van der Waals surface area (Å²) < 4.78 is 11.3. The van der Waals surface area contributed by atoms with Crippen molar-refractivity contribution in [3.63, 3.8) is 0 Å². The standard InChI is InChI=1S/C18H27NO4/c1-4-22-16-9-18(21,10-16)12-19(13-20)11-15-7-5-6-8-17(15)23-14(2)3/h5-8,13-14,16,21H,4,9-12H2,1-3H3. The van der Waals surface area contributed by atoms with Crippen molar-refractivity contribution in [2.45, 2.75) is 58.0 Å². The Morgan fingerprint density at radius 2 is 2.09 bits per heavy atom. The van der Waals surface area contributed by atoms with Crippen molar-refractivity contribution in [1.29, 1.82) is 0 Å². The number of benzene rings is 1.